The lowest BCUT2D eigenvalue weighted by molar-refractivity contribution is 1.02. The fraction of sp³-hybridized carbons (Fsp3) is 0. The Bertz CT molecular complexity index is 750. The van der Waals surface area contributed by atoms with Crippen LogP contribution in [0.15, 0.2) is 53.8 Å². The first-order chi connectivity index (χ1) is 9.83. The zero-order valence-electron chi connectivity index (χ0n) is 10.4. The summed E-state index contributed by atoms with van der Waals surface area (Å²) >= 11 is 5.66. The Morgan fingerprint density at radius 3 is 2.80 bits per heavy atom. The van der Waals surface area contributed by atoms with Gasteiger partial charge in [0, 0.05) is 17.1 Å². The van der Waals surface area contributed by atoms with E-state index in [1.54, 1.807) is 24.5 Å². The van der Waals surface area contributed by atoms with Gasteiger partial charge in [0.25, 0.3) is 0 Å². The minimum absolute atomic E-state index is 0.347. The van der Waals surface area contributed by atoms with Gasteiger partial charge in [0.05, 0.1) is 11.7 Å². The van der Waals surface area contributed by atoms with E-state index in [-0.39, 0.29) is 0 Å². The summed E-state index contributed by atoms with van der Waals surface area (Å²) in [6, 6.07) is 13.2. The normalized spacial score (nSPS) is 11.1. The van der Waals surface area contributed by atoms with E-state index in [2.05, 4.69) is 25.7 Å². The fourth-order valence-corrected chi connectivity index (χ4v) is 1.87. The Morgan fingerprint density at radius 1 is 1.05 bits per heavy atom. The molecule has 2 aromatic heterocycles. The average molecular weight is 284 g/mol. The molecular weight excluding hydrogens is 274 g/mol. The molecule has 5 nitrogen and oxygen atoms in total. The molecule has 0 radical (unpaired) electrons. The van der Waals surface area contributed by atoms with Crippen LogP contribution in [0.25, 0.3) is 10.9 Å². The third-order valence-corrected chi connectivity index (χ3v) is 2.90. The van der Waals surface area contributed by atoms with Crippen molar-refractivity contribution in [3.63, 3.8) is 0 Å². The van der Waals surface area contributed by atoms with Gasteiger partial charge in [-0.05, 0) is 24.3 Å². The molecule has 0 aliphatic rings. The first-order valence-electron chi connectivity index (χ1n) is 5.95. The van der Waals surface area contributed by atoms with Gasteiger partial charge in [-0.3, -0.25) is 10.4 Å². The summed E-state index contributed by atoms with van der Waals surface area (Å²) in [6.07, 6.45) is 3.48. The maximum atomic E-state index is 5.66. The molecule has 0 saturated heterocycles. The van der Waals surface area contributed by atoms with Gasteiger partial charge in [0.15, 0.2) is 11.0 Å². The molecule has 0 unspecified atom stereocenters. The number of anilines is 1. The van der Waals surface area contributed by atoms with Crippen molar-refractivity contribution in [2.45, 2.75) is 0 Å². The Labute approximate surface area is 120 Å². The highest BCUT2D eigenvalue weighted by atomic mass is 35.5. The molecule has 0 bridgehead atoms. The molecule has 0 spiro atoms. The zero-order chi connectivity index (χ0) is 13.8. The molecular formula is C14H10ClN5. The lowest BCUT2D eigenvalue weighted by atomic mass is 10.1. The van der Waals surface area contributed by atoms with Crippen LogP contribution in [0.5, 0.6) is 0 Å². The van der Waals surface area contributed by atoms with E-state index >= 15 is 0 Å². The number of hydrazone groups is 1. The number of rotatable bonds is 3. The number of nitrogens with one attached hydrogen (secondary N) is 1. The number of hydrogen-bond acceptors (Lipinski definition) is 5. The number of halogens is 1. The van der Waals surface area contributed by atoms with Crippen molar-refractivity contribution in [1.82, 2.24) is 15.2 Å². The third kappa shape index (κ3) is 2.73. The highest BCUT2D eigenvalue weighted by Gasteiger charge is 1.98. The summed E-state index contributed by atoms with van der Waals surface area (Å²) < 4.78 is 0. The van der Waals surface area contributed by atoms with Gasteiger partial charge in [-0.25, -0.2) is 0 Å². The van der Waals surface area contributed by atoms with Gasteiger partial charge in [0.2, 0.25) is 0 Å². The second-order valence-electron chi connectivity index (χ2n) is 4.03. The summed E-state index contributed by atoms with van der Waals surface area (Å²) in [5, 5.41) is 13.1. The molecule has 0 saturated carbocycles. The second kappa shape index (κ2) is 5.63. The molecule has 0 amide bonds. The van der Waals surface area contributed by atoms with Crippen LogP contribution in [0.4, 0.5) is 5.82 Å². The second-order valence-corrected chi connectivity index (χ2v) is 4.42. The van der Waals surface area contributed by atoms with Gasteiger partial charge in [0.1, 0.15) is 0 Å². The van der Waals surface area contributed by atoms with Crippen LogP contribution in [0.1, 0.15) is 5.56 Å². The van der Waals surface area contributed by atoms with E-state index in [1.807, 2.05) is 30.3 Å². The van der Waals surface area contributed by atoms with Crippen molar-refractivity contribution >= 4 is 34.5 Å². The molecule has 98 valence electrons. The maximum absolute atomic E-state index is 5.66. The molecule has 1 N–H and O–H groups in total. The average Bonchev–Trinajstić information content (AvgIpc) is 2.49. The van der Waals surface area contributed by atoms with E-state index in [0.29, 0.717) is 11.0 Å². The SMILES string of the molecule is Clc1ccc(N/N=C/c2ccnc3ccccc23)nn1. The van der Waals surface area contributed by atoms with Crippen LogP contribution in [0.3, 0.4) is 0 Å². The zero-order valence-corrected chi connectivity index (χ0v) is 11.1. The van der Waals surface area contributed by atoms with Crippen LogP contribution < -0.4 is 5.43 Å². The Kier molecular flexibility index (Phi) is 3.52. The molecule has 0 aliphatic carbocycles. The van der Waals surface area contributed by atoms with Gasteiger partial charge >= 0.3 is 0 Å². The standard InChI is InChI=1S/C14H10ClN5/c15-13-5-6-14(20-18-13)19-17-9-10-7-8-16-12-4-2-1-3-11(10)12/h1-9H,(H,19,20)/b17-9+. The topological polar surface area (TPSA) is 63.1 Å². The minimum Gasteiger partial charge on any atom is -0.260 e. The summed E-state index contributed by atoms with van der Waals surface area (Å²) in [6.45, 7) is 0. The van der Waals surface area contributed by atoms with E-state index < -0.39 is 0 Å². The maximum Gasteiger partial charge on any atom is 0.168 e. The first-order valence-corrected chi connectivity index (χ1v) is 6.33. The van der Waals surface area contributed by atoms with E-state index in [9.17, 15) is 0 Å². The lowest BCUT2D eigenvalue weighted by Gasteiger charge is -2.01. The smallest absolute Gasteiger partial charge is 0.168 e. The fourth-order valence-electron chi connectivity index (χ4n) is 1.77. The number of nitrogens with zero attached hydrogens (tertiary/aromatic N) is 4. The van der Waals surface area contributed by atoms with E-state index in [0.717, 1.165) is 16.5 Å². The lowest BCUT2D eigenvalue weighted by Crippen LogP contribution is -1.95. The molecule has 6 heteroatoms. The molecule has 1 aromatic carbocycles. The highest BCUT2D eigenvalue weighted by molar-refractivity contribution is 6.29. The number of aromatic nitrogens is 3. The van der Waals surface area contributed by atoms with Gasteiger partial charge in [-0.1, -0.05) is 29.8 Å². The summed E-state index contributed by atoms with van der Waals surface area (Å²) in [5.74, 6) is 0.531. The molecule has 0 fully saturated rings. The Morgan fingerprint density at radius 2 is 1.95 bits per heavy atom. The van der Waals surface area contributed by atoms with Crippen LogP contribution in [0, 0.1) is 0 Å². The van der Waals surface area contributed by atoms with Crippen molar-refractivity contribution in [3.05, 3.63) is 59.4 Å². The quantitative estimate of drug-likeness (QED) is 0.592. The number of para-hydroxylation sites is 1. The predicted octanol–water partition coefficient (Wildman–Crippen LogP) is 3.12. The minimum atomic E-state index is 0.347. The van der Waals surface area contributed by atoms with E-state index in [4.69, 9.17) is 11.6 Å². The van der Waals surface area contributed by atoms with Crippen molar-refractivity contribution in [2.24, 2.45) is 5.10 Å². The molecule has 2 heterocycles. The van der Waals surface area contributed by atoms with Crippen molar-refractivity contribution in [2.75, 3.05) is 5.43 Å². The van der Waals surface area contributed by atoms with Gasteiger partial charge < -0.3 is 0 Å². The van der Waals surface area contributed by atoms with E-state index in [1.165, 1.54) is 0 Å². The van der Waals surface area contributed by atoms with Gasteiger partial charge in [-0.15, -0.1) is 10.2 Å². The van der Waals surface area contributed by atoms with Crippen molar-refractivity contribution < 1.29 is 0 Å². The molecule has 3 rings (SSSR count). The van der Waals surface area contributed by atoms with Crippen LogP contribution in [-0.2, 0) is 0 Å². The first kappa shape index (κ1) is 12.5. The number of benzene rings is 1. The number of pyridine rings is 1. The summed E-state index contributed by atoms with van der Waals surface area (Å²) in [4.78, 5) is 4.30. The van der Waals surface area contributed by atoms with Crippen LogP contribution in [0.2, 0.25) is 5.15 Å². The Balaban J connectivity index is 1.82. The Hall–Kier alpha value is -2.53. The van der Waals surface area contributed by atoms with Gasteiger partial charge in [-0.2, -0.15) is 5.10 Å². The molecule has 0 atom stereocenters. The largest absolute Gasteiger partial charge is 0.260 e. The highest BCUT2D eigenvalue weighted by Crippen LogP contribution is 2.14. The summed E-state index contributed by atoms with van der Waals surface area (Å²) in [5.41, 5.74) is 4.71. The van der Waals surface area contributed by atoms with Crippen LogP contribution in [-0.4, -0.2) is 21.4 Å². The molecule has 20 heavy (non-hydrogen) atoms. The summed E-state index contributed by atoms with van der Waals surface area (Å²) in [7, 11) is 0. The number of hydrogen-bond donors (Lipinski definition) is 1. The van der Waals surface area contributed by atoms with Crippen LogP contribution >= 0.6 is 11.6 Å². The number of fused-ring (bicyclic) bond motifs is 1. The predicted molar refractivity (Wildman–Crippen MR) is 80.0 cm³/mol. The van der Waals surface area contributed by atoms with Crippen molar-refractivity contribution in [3.8, 4) is 0 Å². The molecule has 3 aromatic rings. The van der Waals surface area contributed by atoms with Crippen molar-refractivity contribution in [1.29, 1.82) is 0 Å². The molecule has 0 aliphatic heterocycles. The third-order valence-electron chi connectivity index (χ3n) is 2.70. The monoisotopic (exact) mass is 283 g/mol.